The first kappa shape index (κ1) is 26.0. The Morgan fingerprint density at radius 1 is 0.667 bits per heavy atom. The van der Waals surface area contributed by atoms with Gasteiger partial charge in [-0.3, -0.25) is 9.59 Å². The summed E-state index contributed by atoms with van der Waals surface area (Å²) in [6.45, 7) is 6.92. The van der Waals surface area contributed by atoms with Crippen LogP contribution in [0, 0.1) is 0 Å². The summed E-state index contributed by atoms with van der Waals surface area (Å²) < 4.78 is 16.7. The average Bonchev–Trinajstić information content (AvgIpc) is 2.73. The molecule has 0 aliphatic rings. The maximum absolute atomic E-state index is 12.3. The fraction of sp³-hybridized carbons (Fsp3) is 0.680. The second kappa shape index (κ2) is 16.7. The van der Waals surface area contributed by atoms with Crippen LogP contribution in [-0.2, 0) is 9.59 Å². The summed E-state index contributed by atoms with van der Waals surface area (Å²) in [4.78, 5) is 24.5. The molecule has 0 heterocycles. The molecule has 0 atom stereocenters. The molecule has 170 valence electrons. The molecule has 5 heteroatoms. The lowest BCUT2D eigenvalue weighted by molar-refractivity contribution is -0.137. The Labute approximate surface area is 182 Å². The van der Waals surface area contributed by atoms with Crippen molar-refractivity contribution < 1.29 is 23.8 Å². The summed E-state index contributed by atoms with van der Waals surface area (Å²) >= 11 is 0. The van der Waals surface area contributed by atoms with Gasteiger partial charge in [0.15, 0.2) is 11.5 Å². The van der Waals surface area contributed by atoms with Gasteiger partial charge in [0.1, 0.15) is 5.75 Å². The second-order valence-corrected chi connectivity index (χ2v) is 7.73. The molecule has 0 unspecified atom stereocenters. The zero-order valence-corrected chi connectivity index (χ0v) is 19.2. The number of unbranched alkanes of at least 4 members (excludes halogenated alkanes) is 8. The molecule has 30 heavy (non-hydrogen) atoms. The van der Waals surface area contributed by atoms with Gasteiger partial charge in [-0.2, -0.15) is 0 Å². The van der Waals surface area contributed by atoms with E-state index in [-0.39, 0.29) is 23.4 Å². The van der Waals surface area contributed by atoms with Gasteiger partial charge in [0.2, 0.25) is 0 Å². The van der Waals surface area contributed by atoms with Gasteiger partial charge in [-0.15, -0.1) is 0 Å². The molecule has 0 N–H and O–H groups in total. The summed E-state index contributed by atoms with van der Waals surface area (Å²) in [6.07, 6.45) is 12.2. The van der Waals surface area contributed by atoms with E-state index in [9.17, 15) is 9.59 Å². The Hall–Kier alpha value is -2.04. The van der Waals surface area contributed by atoms with Crippen LogP contribution in [0.25, 0.3) is 0 Å². The van der Waals surface area contributed by atoms with Crippen LogP contribution in [0.4, 0.5) is 0 Å². The standard InChI is InChI=1S/C25H40O5/c1-4-7-9-11-13-15-24(26)29-22-18-17-21(28-19-6-3)20-23(22)30-25(27)16-14-12-10-8-5-2/h17-18,20H,4-16,19H2,1-3H3. The van der Waals surface area contributed by atoms with Crippen molar-refractivity contribution in [2.75, 3.05) is 6.61 Å². The van der Waals surface area contributed by atoms with Gasteiger partial charge >= 0.3 is 11.9 Å². The van der Waals surface area contributed by atoms with Crippen molar-refractivity contribution in [3.8, 4) is 17.2 Å². The van der Waals surface area contributed by atoms with E-state index in [2.05, 4.69) is 13.8 Å². The monoisotopic (exact) mass is 420 g/mol. The van der Waals surface area contributed by atoms with Crippen molar-refractivity contribution in [3.63, 3.8) is 0 Å². The zero-order chi connectivity index (χ0) is 22.0. The minimum Gasteiger partial charge on any atom is -0.493 e. The molecule has 0 aliphatic carbocycles. The summed E-state index contributed by atoms with van der Waals surface area (Å²) in [5.74, 6) is 0.516. The first-order valence-corrected chi connectivity index (χ1v) is 11.8. The third-order valence-corrected chi connectivity index (χ3v) is 4.80. The molecular weight excluding hydrogens is 380 g/mol. The van der Waals surface area contributed by atoms with Crippen LogP contribution >= 0.6 is 0 Å². The molecule has 0 saturated carbocycles. The lowest BCUT2D eigenvalue weighted by Gasteiger charge is -2.13. The minimum absolute atomic E-state index is 0.251. The van der Waals surface area contributed by atoms with Crippen molar-refractivity contribution >= 4 is 11.9 Å². The second-order valence-electron chi connectivity index (χ2n) is 7.73. The molecular formula is C25H40O5. The van der Waals surface area contributed by atoms with Crippen LogP contribution in [0.3, 0.4) is 0 Å². The number of benzene rings is 1. The number of carbonyl (C=O) groups excluding carboxylic acids is 2. The third kappa shape index (κ3) is 11.8. The van der Waals surface area contributed by atoms with Crippen LogP contribution in [0.15, 0.2) is 18.2 Å². The van der Waals surface area contributed by atoms with E-state index in [0.29, 0.717) is 25.2 Å². The first-order chi connectivity index (χ1) is 14.6. The van der Waals surface area contributed by atoms with Crippen molar-refractivity contribution in [3.05, 3.63) is 18.2 Å². The number of esters is 2. The smallest absolute Gasteiger partial charge is 0.311 e. The highest BCUT2D eigenvalue weighted by atomic mass is 16.6. The first-order valence-electron chi connectivity index (χ1n) is 11.8. The fourth-order valence-corrected chi connectivity index (χ4v) is 3.06. The molecule has 1 aromatic carbocycles. The summed E-state index contributed by atoms with van der Waals surface area (Å²) in [5.41, 5.74) is 0. The molecule has 0 aromatic heterocycles. The van der Waals surface area contributed by atoms with Crippen LogP contribution in [0.1, 0.15) is 104 Å². The summed E-state index contributed by atoms with van der Waals surface area (Å²) in [5, 5.41) is 0. The van der Waals surface area contributed by atoms with Crippen molar-refractivity contribution in [1.29, 1.82) is 0 Å². The molecule has 0 aliphatic heterocycles. The van der Waals surface area contributed by atoms with E-state index >= 15 is 0 Å². The number of hydrogen-bond donors (Lipinski definition) is 0. The summed E-state index contributed by atoms with van der Waals surface area (Å²) in [7, 11) is 0. The fourth-order valence-electron chi connectivity index (χ4n) is 3.06. The van der Waals surface area contributed by atoms with Gasteiger partial charge in [0.05, 0.1) is 6.61 Å². The Morgan fingerprint density at radius 3 is 1.73 bits per heavy atom. The van der Waals surface area contributed by atoms with Crippen LogP contribution in [-0.4, -0.2) is 18.5 Å². The van der Waals surface area contributed by atoms with Gasteiger partial charge in [0.25, 0.3) is 0 Å². The molecule has 1 rings (SSSR count). The lowest BCUT2D eigenvalue weighted by Crippen LogP contribution is -2.12. The van der Waals surface area contributed by atoms with Gasteiger partial charge in [-0.05, 0) is 31.4 Å². The molecule has 0 amide bonds. The quantitative estimate of drug-likeness (QED) is 0.154. The molecule has 5 nitrogen and oxygen atoms in total. The van der Waals surface area contributed by atoms with Gasteiger partial charge in [0, 0.05) is 18.9 Å². The number of carbonyl (C=O) groups is 2. The number of hydrogen-bond acceptors (Lipinski definition) is 5. The van der Waals surface area contributed by atoms with Gasteiger partial charge < -0.3 is 14.2 Å². The van der Waals surface area contributed by atoms with Gasteiger partial charge in [-0.25, -0.2) is 0 Å². The highest BCUT2D eigenvalue weighted by molar-refractivity contribution is 5.76. The Balaban J connectivity index is 2.65. The third-order valence-electron chi connectivity index (χ3n) is 4.80. The molecule has 0 radical (unpaired) electrons. The number of rotatable bonds is 17. The van der Waals surface area contributed by atoms with E-state index in [1.54, 1.807) is 18.2 Å². The zero-order valence-electron chi connectivity index (χ0n) is 19.2. The maximum Gasteiger partial charge on any atom is 0.311 e. The topological polar surface area (TPSA) is 61.8 Å². The highest BCUT2D eigenvalue weighted by Gasteiger charge is 2.15. The molecule has 1 aromatic rings. The van der Waals surface area contributed by atoms with Crippen LogP contribution < -0.4 is 14.2 Å². The SMILES string of the molecule is CCCCCCCC(=O)Oc1ccc(OCCC)cc1OC(=O)CCCCCCC. The maximum atomic E-state index is 12.3. The van der Waals surface area contributed by atoms with E-state index in [1.807, 2.05) is 6.92 Å². The van der Waals surface area contributed by atoms with Crippen LogP contribution in [0.2, 0.25) is 0 Å². The van der Waals surface area contributed by atoms with Gasteiger partial charge in [-0.1, -0.05) is 72.1 Å². The summed E-state index contributed by atoms with van der Waals surface area (Å²) in [6, 6.07) is 5.01. The lowest BCUT2D eigenvalue weighted by atomic mass is 10.1. The highest BCUT2D eigenvalue weighted by Crippen LogP contribution is 2.32. The van der Waals surface area contributed by atoms with E-state index in [0.717, 1.165) is 44.9 Å². The molecule has 0 bridgehead atoms. The van der Waals surface area contributed by atoms with Crippen molar-refractivity contribution in [2.24, 2.45) is 0 Å². The predicted molar refractivity (Wildman–Crippen MR) is 120 cm³/mol. The van der Waals surface area contributed by atoms with E-state index in [4.69, 9.17) is 14.2 Å². The van der Waals surface area contributed by atoms with Crippen molar-refractivity contribution in [1.82, 2.24) is 0 Å². The van der Waals surface area contributed by atoms with E-state index in [1.165, 1.54) is 25.7 Å². The Kier molecular flexibility index (Phi) is 14.5. The molecule has 0 saturated heterocycles. The van der Waals surface area contributed by atoms with Crippen LogP contribution in [0.5, 0.6) is 17.2 Å². The van der Waals surface area contributed by atoms with Crippen molar-refractivity contribution in [2.45, 2.75) is 104 Å². The minimum atomic E-state index is -0.309. The molecule has 0 fully saturated rings. The Morgan fingerprint density at radius 2 is 1.20 bits per heavy atom. The number of ether oxygens (including phenoxy) is 3. The largest absolute Gasteiger partial charge is 0.493 e. The average molecular weight is 421 g/mol. The predicted octanol–water partition coefficient (Wildman–Crippen LogP) is 7.01. The Bertz CT molecular complexity index is 612. The normalized spacial score (nSPS) is 10.6. The molecule has 0 spiro atoms. The van der Waals surface area contributed by atoms with E-state index < -0.39 is 0 Å².